The summed E-state index contributed by atoms with van der Waals surface area (Å²) in [7, 11) is 0. The zero-order valence-corrected chi connectivity index (χ0v) is 21.1. The molecule has 3 aliphatic rings. The molecule has 0 bridgehead atoms. The van der Waals surface area contributed by atoms with Crippen molar-refractivity contribution in [3.05, 3.63) is 33.3 Å². The van der Waals surface area contributed by atoms with Crippen LogP contribution in [0, 0.1) is 12.8 Å². The predicted molar refractivity (Wildman–Crippen MR) is 137 cm³/mol. The zero-order chi connectivity index (χ0) is 23.6. The van der Waals surface area contributed by atoms with Crippen LogP contribution in [0.25, 0.3) is 9.53 Å². The lowest BCUT2D eigenvalue weighted by atomic mass is 9.85. The number of nitrogen functional groups attached to an aromatic ring is 1. The van der Waals surface area contributed by atoms with Gasteiger partial charge in [0.2, 0.25) is 0 Å². The number of pyridine rings is 1. The molecule has 10 heteroatoms. The van der Waals surface area contributed by atoms with Gasteiger partial charge in [0.25, 0.3) is 5.91 Å². The van der Waals surface area contributed by atoms with Crippen LogP contribution >= 0.6 is 22.7 Å². The van der Waals surface area contributed by atoms with E-state index in [1.807, 2.05) is 6.92 Å². The Morgan fingerprint density at radius 2 is 2.15 bits per heavy atom. The number of ether oxygens (including phenoxy) is 1. The van der Waals surface area contributed by atoms with Crippen LogP contribution in [0.3, 0.4) is 0 Å². The first kappa shape index (κ1) is 22.2. The summed E-state index contributed by atoms with van der Waals surface area (Å²) < 4.78 is 7.08. The maximum Gasteiger partial charge on any atom is 0.263 e. The largest absolute Gasteiger partial charge is 0.396 e. The van der Waals surface area contributed by atoms with Gasteiger partial charge >= 0.3 is 0 Å². The number of rotatable bonds is 3. The third-order valence-electron chi connectivity index (χ3n) is 7.74. The van der Waals surface area contributed by atoms with Crippen LogP contribution in [0.5, 0.6) is 0 Å². The summed E-state index contributed by atoms with van der Waals surface area (Å²) in [6.45, 7) is 6.56. The highest BCUT2D eigenvalue weighted by molar-refractivity contribution is 7.29. The maximum atomic E-state index is 13.0. The van der Waals surface area contributed by atoms with E-state index in [-0.39, 0.29) is 23.6 Å². The molecule has 180 valence electrons. The number of aromatic nitrogens is 2. The van der Waals surface area contributed by atoms with Gasteiger partial charge in [0.15, 0.2) is 0 Å². The number of thiazole rings is 1. The molecule has 2 aliphatic heterocycles. The number of amides is 1. The molecule has 5 N–H and O–H groups in total. The summed E-state index contributed by atoms with van der Waals surface area (Å²) in [5.74, 6) is 1.33. The summed E-state index contributed by atoms with van der Waals surface area (Å²) in [6, 6.07) is 4.32. The van der Waals surface area contributed by atoms with Crippen LogP contribution in [0.15, 0.2) is 12.1 Å². The Balaban J connectivity index is 1.14. The predicted octanol–water partition coefficient (Wildman–Crippen LogP) is 2.87. The number of hydrogen-bond acceptors (Lipinski definition) is 9. The molecule has 3 aromatic rings. The number of carbonyl (C=O) groups excluding carboxylic acids is 1. The lowest BCUT2D eigenvalue weighted by molar-refractivity contribution is -0.0109. The van der Waals surface area contributed by atoms with E-state index < -0.39 is 0 Å². The van der Waals surface area contributed by atoms with Crippen LogP contribution in [-0.2, 0) is 17.6 Å². The number of carbonyl (C=O) groups is 1. The monoisotopic (exact) mass is 498 g/mol. The van der Waals surface area contributed by atoms with Gasteiger partial charge in [-0.15, -0.1) is 22.7 Å². The molecule has 1 aliphatic carbocycles. The Hall–Kier alpha value is -2.27. The molecular formula is C24H30N6O2S2. The summed E-state index contributed by atoms with van der Waals surface area (Å²) in [5.41, 5.74) is 15.4. The molecule has 5 heterocycles. The van der Waals surface area contributed by atoms with E-state index in [0.29, 0.717) is 16.5 Å². The molecule has 2 fully saturated rings. The molecule has 1 amide bonds. The first-order chi connectivity index (χ1) is 16.3. The van der Waals surface area contributed by atoms with Gasteiger partial charge in [0.1, 0.15) is 21.1 Å². The summed E-state index contributed by atoms with van der Waals surface area (Å²) in [5, 5.41) is 4.16. The third-order valence-corrected chi connectivity index (χ3v) is 9.98. The first-order valence-corrected chi connectivity index (χ1v) is 13.6. The van der Waals surface area contributed by atoms with Gasteiger partial charge in [-0.05, 0) is 50.2 Å². The molecule has 4 atom stereocenters. The number of nitrogens with zero attached hydrogens (tertiary/aromatic N) is 3. The molecule has 34 heavy (non-hydrogen) atoms. The van der Waals surface area contributed by atoms with Gasteiger partial charge < -0.3 is 26.4 Å². The van der Waals surface area contributed by atoms with Gasteiger partial charge in [-0.1, -0.05) is 13.0 Å². The van der Waals surface area contributed by atoms with E-state index in [9.17, 15) is 4.79 Å². The molecule has 8 nitrogen and oxygen atoms in total. The van der Waals surface area contributed by atoms with E-state index in [1.165, 1.54) is 28.2 Å². The summed E-state index contributed by atoms with van der Waals surface area (Å²) in [6.07, 6.45) is 3.53. The van der Waals surface area contributed by atoms with Crippen LogP contribution in [0.4, 0.5) is 11.5 Å². The van der Waals surface area contributed by atoms with Gasteiger partial charge in [0, 0.05) is 24.9 Å². The Bertz CT molecular complexity index is 1270. The Morgan fingerprint density at radius 3 is 2.91 bits per heavy atom. The molecule has 1 spiro atoms. The zero-order valence-electron chi connectivity index (χ0n) is 19.5. The van der Waals surface area contributed by atoms with Crippen molar-refractivity contribution < 1.29 is 9.53 Å². The highest BCUT2D eigenvalue weighted by atomic mass is 32.1. The van der Waals surface area contributed by atoms with Gasteiger partial charge in [-0.2, -0.15) is 0 Å². The fraction of sp³-hybridized carbons (Fsp3) is 0.542. The number of fused-ring (bicyclic) bond motifs is 2. The maximum absolute atomic E-state index is 13.0. The number of aryl methyl sites for hydroxylation is 2. The van der Waals surface area contributed by atoms with Crippen molar-refractivity contribution in [2.45, 2.75) is 57.2 Å². The van der Waals surface area contributed by atoms with E-state index >= 15 is 0 Å². The number of hydrogen-bond donors (Lipinski definition) is 3. The SMILES string of the molecule is Cc1nc2sc(C(=O)NC3CCc4nc(N5CC(N)C6(C5)OCCC6C)ccc4C3)c(N)c2s1. The topological polar surface area (TPSA) is 119 Å². The van der Waals surface area contributed by atoms with Crippen molar-refractivity contribution in [1.29, 1.82) is 0 Å². The number of nitrogens with two attached hydrogens (primary N) is 2. The van der Waals surface area contributed by atoms with Crippen LogP contribution in [-0.4, -0.2) is 53.3 Å². The minimum absolute atomic E-state index is 0.00138. The molecule has 0 radical (unpaired) electrons. The number of anilines is 2. The van der Waals surface area contributed by atoms with Crippen LogP contribution < -0.4 is 21.7 Å². The lowest BCUT2D eigenvalue weighted by Gasteiger charge is -2.31. The van der Waals surface area contributed by atoms with Crippen molar-refractivity contribution in [2.75, 3.05) is 30.3 Å². The highest BCUT2D eigenvalue weighted by Crippen LogP contribution is 2.40. The average Bonchev–Trinajstić information content (AvgIpc) is 3.54. The standard InChI is InChI=1S/C24H30N6O2S2/c1-12-7-8-32-24(12)11-30(10-17(24)25)18-6-3-14-9-15(4-5-16(14)29-18)28-22(31)20-19(26)21-23(34-20)27-13(2)33-21/h3,6,12,15,17H,4-5,7-11,25-26H2,1-2H3,(H,28,31). The number of nitrogens with one attached hydrogen (secondary N) is 1. The van der Waals surface area contributed by atoms with Crippen molar-refractivity contribution in [1.82, 2.24) is 15.3 Å². The number of thiophene rings is 1. The van der Waals surface area contributed by atoms with E-state index in [0.717, 1.165) is 71.4 Å². The fourth-order valence-corrected chi connectivity index (χ4v) is 7.85. The normalized spacial score (nSPS) is 28.7. The molecule has 3 aromatic heterocycles. The van der Waals surface area contributed by atoms with Gasteiger partial charge in [-0.3, -0.25) is 4.79 Å². The van der Waals surface area contributed by atoms with Crippen molar-refractivity contribution in [2.24, 2.45) is 11.7 Å². The lowest BCUT2D eigenvalue weighted by Crippen LogP contribution is -2.50. The minimum atomic E-state index is -0.251. The molecule has 0 aromatic carbocycles. The Labute approximate surface area is 206 Å². The smallest absolute Gasteiger partial charge is 0.263 e. The van der Waals surface area contributed by atoms with Crippen molar-refractivity contribution >= 4 is 49.6 Å². The molecular weight excluding hydrogens is 468 g/mol. The molecule has 2 saturated heterocycles. The molecule has 0 saturated carbocycles. The van der Waals surface area contributed by atoms with Crippen molar-refractivity contribution in [3.63, 3.8) is 0 Å². The van der Waals surface area contributed by atoms with Gasteiger partial charge in [-0.25, -0.2) is 9.97 Å². The summed E-state index contributed by atoms with van der Waals surface area (Å²) >= 11 is 2.91. The fourth-order valence-electron chi connectivity index (χ4n) is 5.75. The minimum Gasteiger partial charge on any atom is -0.396 e. The van der Waals surface area contributed by atoms with E-state index in [4.69, 9.17) is 21.2 Å². The highest BCUT2D eigenvalue weighted by Gasteiger charge is 2.52. The van der Waals surface area contributed by atoms with Crippen molar-refractivity contribution in [3.8, 4) is 0 Å². The second kappa shape index (κ2) is 8.15. The van der Waals surface area contributed by atoms with Crippen LogP contribution in [0.1, 0.15) is 45.7 Å². The Morgan fingerprint density at radius 1 is 1.29 bits per heavy atom. The van der Waals surface area contributed by atoms with Crippen LogP contribution in [0.2, 0.25) is 0 Å². The Kier molecular flexibility index (Phi) is 5.32. The first-order valence-electron chi connectivity index (χ1n) is 11.9. The third kappa shape index (κ3) is 3.50. The molecule has 6 rings (SSSR count). The van der Waals surface area contributed by atoms with Gasteiger partial charge in [0.05, 0.1) is 28.0 Å². The second-order valence-electron chi connectivity index (χ2n) is 9.88. The summed E-state index contributed by atoms with van der Waals surface area (Å²) in [4.78, 5) is 26.1. The van der Waals surface area contributed by atoms with E-state index in [2.05, 4.69) is 34.3 Å². The molecule has 4 unspecified atom stereocenters. The average molecular weight is 499 g/mol. The quantitative estimate of drug-likeness (QED) is 0.508. The second-order valence-corrected chi connectivity index (χ2v) is 12.1. The van der Waals surface area contributed by atoms with E-state index in [1.54, 1.807) is 0 Å².